The molecule has 0 radical (unpaired) electrons. The summed E-state index contributed by atoms with van der Waals surface area (Å²) in [7, 11) is 6.21. The summed E-state index contributed by atoms with van der Waals surface area (Å²) in [6.07, 6.45) is 1.09. The molecule has 1 heterocycles. The fraction of sp³-hybridized carbons (Fsp3) is 0.429. The molecule has 0 aliphatic carbocycles. The van der Waals surface area contributed by atoms with Crippen LogP contribution in [0.25, 0.3) is 10.9 Å². The molecule has 5 heteroatoms. The van der Waals surface area contributed by atoms with Gasteiger partial charge in [-0.15, -0.1) is 0 Å². The third-order valence-corrected chi connectivity index (χ3v) is 3.06. The molecule has 0 saturated carbocycles. The standard InChI is InChI=1S/C14H21N5/c1-18(2)9-6-10-19(3)13-11-7-4-5-8-12(11)16-14(15)17-13/h4-5,7-8H,6,9-10H2,1-3H3,(H2,15,16,17). The molecule has 0 fully saturated rings. The molecular formula is C14H21N5. The van der Waals surface area contributed by atoms with Crippen LogP contribution >= 0.6 is 0 Å². The third kappa shape index (κ3) is 3.32. The van der Waals surface area contributed by atoms with Crippen LogP contribution in [0.3, 0.4) is 0 Å². The second-order valence-corrected chi connectivity index (χ2v) is 5.00. The van der Waals surface area contributed by atoms with Gasteiger partial charge in [0, 0.05) is 19.0 Å². The van der Waals surface area contributed by atoms with Gasteiger partial charge in [-0.1, -0.05) is 12.1 Å². The van der Waals surface area contributed by atoms with Crippen LogP contribution in [0.5, 0.6) is 0 Å². The van der Waals surface area contributed by atoms with Crippen molar-refractivity contribution < 1.29 is 0 Å². The van der Waals surface area contributed by atoms with Gasteiger partial charge in [0.25, 0.3) is 0 Å². The Morgan fingerprint density at radius 2 is 1.79 bits per heavy atom. The highest BCUT2D eigenvalue weighted by atomic mass is 15.2. The van der Waals surface area contributed by atoms with Crippen LogP contribution in [0.1, 0.15) is 6.42 Å². The molecule has 0 bridgehead atoms. The van der Waals surface area contributed by atoms with Crippen LogP contribution in [0.2, 0.25) is 0 Å². The van der Waals surface area contributed by atoms with Crippen molar-refractivity contribution in [3.63, 3.8) is 0 Å². The number of nitrogen functional groups attached to an aromatic ring is 1. The van der Waals surface area contributed by atoms with E-state index in [4.69, 9.17) is 5.73 Å². The maximum absolute atomic E-state index is 5.78. The smallest absolute Gasteiger partial charge is 0.222 e. The van der Waals surface area contributed by atoms with E-state index in [9.17, 15) is 0 Å². The number of aromatic nitrogens is 2. The van der Waals surface area contributed by atoms with Crippen LogP contribution in [-0.4, -0.2) is 49.1 Å². The molecule has 0 amide bonds. The molecular weight excluding hydrogens is 238 g/mol. The fourth-order valence-corrected chi connectivity index (χ4v) is 2.10. The molecule has 19 heavy (non-hydrogen) atoms. The van der Waals surface area contributed by atoms with Gasteiger partial charge in [-0.2, -0.15) is 4.98 Å². The summed E-state index contributed by atoms with van der Waals surface area (Å²) in [5, 5.41) is 1.05. The molecule has 0 unspecified atom stereocenters. The number of rotatable bonds is 5. The molecule has 1 aromatic carbocycles. The van der Waals surface area contributed by atoms with E-state index in [1.165, 1.54) is 0 Å². The normalized spacial score (nSPS) is 11.2. The van der Waals surface area contributed by atoms with Crippen molar-refractivity contribution in [2.45, 2.75) is 6.42 Å². The van der Waals surface area contributed by atoms with Gasteiger partial charge in [0.15, 0.2) is 0 Å². The van der Waals surface area contributed by atoms with Crippen molar-refractivity contribution in [3.8, 4) is 0 Å². The van der Waals surface area contributed by atoms with Crippen LogP contribution in [0.15, 0.2) is 24.3 Å². The van der Waals surface area contributed by atoms with Gasteiger partial charge in [-0.25, -0.2) is 4.98 Å². The lowest BCUT2D eigenvalue weighted by atomic mass is 10.2. The zero-order valence-corrected chi connectivity index (χ0v) is 11.8. The first-order chi connectivity index (χ1) is 9.08. The van der Waals surface area contributed by atoms with Gasteiger partial charge in [-0.05, 0) is 39.2 Å². The lowest BCUT2D eigenvalue weighted by Crippen LogP contribution is -2.24. The average molecular weight is 259 g/mol. The molecule has 0 saturated heterocycles. The van der Waals surface area contributed by atoms with E-state index >= 15 is 0 Å². The minimum atomic E-state index is 0.327. The maximum Gasteiger partial charge on any atom is 0.222 e. The number of benzene rings is 1. The van der Waals surface area contributed by atoms with Crippen molar-refractivity contribution in [2.24, 2.45) is 0 Å². The quantitative estimate of drug-likeness (QED) is 0.884. The van der Waals surface area contributed by atoms with E-state index in [0.29, 0.717) is 5.95 Å². The van der Waals surface area contributed by atoms with Gasteiger partial charge in [0.1, 0.15) is 5.82 Å². The van der Waals surface area contributed by atoms with Crippen LogP contribution in [-0.2, 0) is 0 Å². The van der Waals surface area contributed by atoms with Gasteiger partial charge >= 0.3 is 0 Å². The number of para-hydroxylation sites is 1. The van der Waals surface area contributed by atoms with Gasteiger partial charge in [0.2, 0.25) is 5.95 Å². The summed E-state index contributed by atoms with van der Waals surface area (Å²) in [5.41, 5.74) is 6.68. The van der Waals surface area contributed by atoms with Crippen LogP contribution < -0.4 is 10.6 Å². The second-order valence-electron chi connectivity index (χ2n) is 5.00. The molecule has 0 atom stereocenters. The first kappa shape index (κ1) is 13.5. The molecule has 0 aliphatic rings. The van der Waals surface area contributed by atoms with Gasteiger partial charge in [-0.3, -0.25) is 0 Å². The summed E-state index contributed by atoms with van der Waals surface area (Å²) in [4.78, 5) is 13.0. The molecule has 5 nitrogen and oxygen atoms in total. The first-order valence-electron chi connectivity index (χ1n) is 6.46. The summed E-state index contributed by atoms with van der Waals surface area (Å²) < 4.78 is 0. The first-order valence-corrected chi connectivity index (χ1v) is 6.46. The summed E-state index contributed by atoms with van der Waals surface area (Å²) in [6, 6.07) is 7.96. The van der Waals surface area contributed by atoms with Crippen molar-refractivity contribution in [1.29, 1.82) is 0 Å². The highest BCUT2D eigenvalue weighted by Gasteiger charge is 2.09. The summed E-state index contributed by atoms with van der Waals surface area (Å²) in [6.45, 7) is 2.00. The Hall–Kier alpha value is -1.88. The minimum Gasteiger partial charge on any atom is -0.368 e. The highest BCUT2D eigenvalue weighted by Crippen LogP contribution is 2.23. The lowest BCUT2D eigenvalue weighted by Gasteiger charge is -2.21. The highest BCUT2D eigenvalue weighted by molar-refractivity contribution is 5.90. The number of fused-ring (bicyclic) bond motifs is 1. The van der Waals surface area contributed by atoms with E-state index < -0.39 is 0 Å². The van der Waals surface area contributed by atoms with Crippen molar-refractivity contribution >= 4 is 22.7 Å². The zero-order chi connectivity index (χ0) is 13.8. The maximum atomic E-state index is 5.78. The molecule has 2 N–H and O–H groups in total. The predicted molar refractivity (Wildman–Crippen MR) is 80.4 cm³/mol. The molecule has 0 aliphatic heterocycles. The number of hydrogen-bond acceptors (Lipinski definition) is 5. The van der Waals surface area contributed by atoms with E-state index in [1.54, 1.807) is 0 Å². The molecule has 0 spiro atoms. The van der Waals surface area contributed by atoms with Crippen molar-refractivity contribution in [1.82, 2.24) is 14.9 Å². The molecule has 1 aromatic heterocycles. The topological polar surface area (TPSA) is 58.3 Å². The Morgan fingerprint density at radius 3 is 2.53 bits per heavy atom. The van der Waals surface area contributed by atoms with Crippen molar-refractivity contribution in [2.75, 3.05) is 44.9 Å². The number of nitrogens with two attached hydrogens (primary N) is 1. The molecule has 2 rings (SSSR count). The van der Waals surface area contributed by atoms with Gasteiger partial charge < -0.3 is 15.5 Å². The Morgan fingerprint density at radius 1 is 1.05 bits per heavy atom. The summed E-state index contributed by atoms with van der Waals surface area (Å²) >= 11 is 0. The lowest BCUT2D eigenvalue weighted by molar-refractivity contribution is 0.401. The Kier molecular flexibility index (Phi) is 4.16. The SMILES string of the molecule is CN(C)CCCN(C)c1nc(N)nc2ccccc12. The summed E-state index contributed by atoms with van der Waals surface area (Å²) in [5.74, 6) is 1.23. The van der Waals surface area contributed by atoms with E-state index in [-0.39, 0.29) is 0 Å². The fourth-order valence-electron chi connectivity index (χ4n) is 2.10. The predicted octanol–water partition coefficient (Wildman–Crippen LogP) is 1.60. The number of anilines is 2. The van der Waals surface area contributed by atoms with E-state index in [1.807, 2.05) is 31.3 Å². The van der Waals surface area contributed by atoms with Gasteiger partial charge in [0.05, 0.1) is 5.52 Å². The Balaban J connectivity index is 2.23. The third-order valence-electron chi connectivity index (χ3n) is 3.06. The largest absolute Gasteiger partial charge is 0.368 e. The molecule has 102 valence electrons. The second kappa shape index (κ2) is 5.84. The number of nitrogens with zero attached hydrogens (tertiary/aromatic N) is 4. The molecule has 2 aromatic rings. The van der Waals surface area contributed by atoms with E-state index in [0.717, 1.165) is 36.2 Å². The zero-order valence-electron chi connectivity index (χ0n) is 11.8. The van der Waals surface area contributed by atoms with E-state index in [2.05, 4.69) is 33.9 Å². The van der Waals surface area contributed by atoms with Crippen LogP contribution in [0.4, 0.5) is 11.8 Å². The Labute approximate surface area is 114 Å². The monoisotopic (exact) mass is 259 g/mol. The Bertz CT molecular complexity index is 553. The number of hydrogen-bond donors (Lipinski definition) is 1. The van der Waals surface area contributed by atoms with Crippen LogP contribution in [0, 0.1) is 0 Å². The van der Waals surface area contributed by atoms with Crippen molar-refractivity contribution in [3.05, 3.63) is 24.3 Å². The average Bonchev–Trinajstić information content (AvgIpc) is 2.37. The minimum absolute atomic E-state index is 0.327.